The van der Waals surface area contributed by atoms with Gasteiger partial charge in [-0.25, -0.2) is 0 Å². The van der Waals surface area contributed by atoms with Gasteiger partial charge in [0.25, 0.3) is 5.91 Å². The SMILES string of the molecule is CCCn1nc(C(=O)N(C)Cc2ccccc2)c2c1CCC(OC)C2. The molecule has 5 heteroatoms. The molecule has 1 aromatic carbocycles. The van der Waals surface area contributed by atoms with E-state index in [-0.39, 0.29) is 12.0 Å². The van der Waals surface area contributed by atoms with Gasteiger partial charge < -0.3 is 9.64 Å². The van der Waals surface area contributed by atoms with Gasteiger partial charge in [-0.3, -0.25) is 9.48 Å². The van der Waals surface area contributed by atoms with Crippen molar-refractivity contribution in [2.75, 3.05) is 14.2 Å². The molecule has 2 aromatic rings. The van der Waals surface area contributed by atoms with Gasteiger partial charge in [0.15, 0.2) is 5.69 Å². The van der Waals surface area contributed by atoms with E-state index in [1.54, 1.807) is 12.0 Å². The van der Waals surface area contributed by atoms with Crippen molar-refractivity contribution in [3.05, 3.63) is 52.8 Å². The monoisotopic (exact) mass is 341 g/mol. The maximum absolute atomic E-state index is 13.0. The quantitative estimate of drug-likeness (QED) is 0.811. The molecule has 0 saturated carbocycles. The summed E-state index contributed by atoms with van der Waals surface area (Å²) in [5.74, 6) is -0.00768. The third-order valence-electron chi connectivity index (χ3n) is 4.88. The van der Waals surface area contributed by atoms with E-state index in [2.05, 4.69) is 12.0 Å². The van der Waals surface area contributed by atoms with Crippen LogP contribution in [-0.4, -0.2) is 40.8 Å². The van der Waals surface area contributed by atoms with E-state index in [1.807, 2.05) is 42.1 Å². The summed E-state index contributed by atoms with van der Waals surface area (Å²) in [6, 6.07) is 10.0. The van der Waals surface area contributed by atoms with Crippen LogP contribution in [0.1, 0.15) is 47.1 Å². The van der Waals surface area contributed by atoms with Gasteiger partial charge in [-0.2, -0.15) is 5.10 Å². The molecule has 0 bridgehead atoms. The third kappa shape index (κ3) is 3.76. The highest BCUT2D eigenvalue weighted by Gasteiger charge is 2.30. The predicted octanol–water partition coefficient (Wildman–Crippen LogP) is 3.07. The van der Waals surface area contributed by atoms with Crippen molar-refractivity contribution in [1.29, 1.82) is 0 Å². The Morgan fingerprint density at radius 2 is 2.12 bits per heavy atom. The summed E-state index contributed by atoms with van der Waals surface area (Å²) >= 11 is 0. The first-order chi connectivity index (χ1) is 12.1. The topological polar surface area (TPSA) is 47.4 Å². The Morgan fingerprint density at radius 3 is 2.80 bits per heavy atom. The van der Waals surface area contributed by atoms with Gasteiger partial charge in [0.1, 0.15) is 0 Å². The second kappa shape index (κ2) is 7.83. The van der Waals surface area contributed by atoms with Crippen LogP contribution >= 0.6 is 0 Å². The van der Waals surface area contributed by atoms with E-state index in [1.165, 1.54) is 5.69 Å². The molecule has 25 heavy (non-hydrogen) atoms. The summed E-state index contributed by atoms with van der Waals surface area (Å²) in [4.78, 5) is 14.8. The van der Waals surface area contributed by atoms with Gasteiger partial charge in [0.05, 0.1) is 6.10 Å². The van der Waals surface area contributed by atoms with Crippen molar-refractivity contribution in [2.45, 2.75) is 51.8 Å². The van der Waals surface area contributed by atoms with Crippen LogP contribution in [0.4, 0.5) is 0 Å². The maximum atomic E-state index is 13.0. The van der Waals surface area contributed by atoms with Crippen molar-refractivity contribution in [3.63, 3.8) is 0 Å². The Kier molecular flexibility index (Phi) is 5.53. The molecule has 0 N–H and O–H groups in total. The minimum absolute atomic E-state index is 0.00768. The molecule has 1 heterocycles. The molecule has 1 amide bonds. The second-order valence-electron chi connectivity index (χ2n) is 6.74. The molecule has 1 aromatic heterocycles. The summed E-state index contributed by atoms with van der Waals surface area (Å²) in [5, 5.41) is 4.68. The molecule has 1 aliphatic carbocycles. The standard InChI is InChI=1S/C20H27N3O2/c1-4-12-23-18-11-10-16(25-3)13-17(18)19(21-23)20(24)22(2)14-15-8-6-5-7-9-15/h5-9,16H,4,10-14H2,1-3H3. The summed E-state index contributed by atoms with van der Waals surface area (Å²) < 4.78 is 7.58. The maximum Gasteiger partial charge on any atom is 0.274 e. The minimum atomic E-state index is -0.00768. The van der Waals surface area contributed by atoms with Gasteiger partial charge in [0.2, 0.25) is 0 Å². The molecule has 5 nitrogen and oxygen atoms in total. The lowest BCUT2D eigenvalue weighted by atomic mass is 9.92. The number of hydrogen-bond acceptors (Lipinski definition) is 3. The zero-order valence-electron chi connectivity index (χ0n) is 15.4. The van der Waals surface area contributed by atoms with E-state index >= 15 is 0 Å². The Hall–Kier alpha value is -2.14. The first kappa shape index (κ1) is 17.7. The van der Waals surface area contributed by atoms with Crippen molar-refractivity contribution in [1.82, 2.24) is 14.7 Å². The molecule has 0 saturated heterocycles. The Morgan fingerprint density at radius 1 is 1.36 bits per heavy atom. The Balaban J connectivity index is 1.86. The molecule has 0 spiro atoms. The molecule has 0 aliphatic heterocycles. The van der Waals surface area contributed by atoms with Crippen LogP contribution in [0, 0.1) is 0 Å². The highest BCUT2D eigenvalue weighted by molar-refractivity contribution is 5.94. The summed E-state index contributed by atoms with van der Waals surface area (Å²) in [5.41, 5.74) is 4.02. The molecule has 0 fully saturated rings. The number of nitrogens with zero attached hydrogens (tertiary/aromatic N) is 3. The van der Waals surface area contributed by atoms with Crippen molar-refractivity contribution in [2.24, 2.45) is 0 Å². The number of amides is 1. The molecule has 1 aliphatic rings. The number of benzene rings is 1. The van der Waals surface area contributed by atoms with Crippen LogP contribution < -0.4 is 0 Å². The summed E-state index contributed by atoms with van der Waals surface area (Å²) in [7, 11) is 3.59. The van der Waals surface area contributed by atoms with E-state index in [0.717, 1.165) is 43.4 Å². The van der Waals surface area contributed by atoms with Gasteiger partial charge in [-0.15, -0.1) is 0 Å². The van der Waals surface area contributed by atoms with E-state index in [9.17, 15) is 4.79 Å². The molecule has 0 radical (unpaired) electrons. The van der Waals surface area contributed by atoms with Crippen LogP contribution in [0.2, 0.25) is 0 Å². The molecule has 3 rings (SSSR count). The van der Waals surface area contributed by atoms with Crippen molar-refractivity contribution < 1.29 is 9.53 Å². The minimum Gasteiger partial charge on any atom is -0.381 e. The highest BCUT2D eigenvalue weighted by atomic mass is 16.5. The van der Waals surface area contributed by atoms with E-state index in [4.69, 9.17) is 4.74 Å². The normalized spacial score (nSPS) is 16.5. The van der Waals surface area contributed by atoms with Crippen molar-refractivity contribution >= 4 is 5.91 Å². The molecular weight excluding hydrogens is 314 g/mol. The largest absolute Gasteiger partial charge is 0.381 e. The Bertz CT molecular complexity index is 724. The number of fused-ring (bicyclic) bond motifs is 1. The summed E-state index contributed by atoms with van der Waals surface area (Å²) in [6.07, 6.45) is 3.88. The zero-order valence-corrected chi connectivity index (χ0v) is 15.4. The predicted molar refractivity (Wildman–Crippen MR) is 97.6 cm³/mol. The lowest BCUT2D eigenvalue weighted by Crippen LogP contribution is -2.29. The number of carbonyl (C=O) groups excluding carboxylic acids is 1. The molecular formula is C20H27N3O2. The second-order valence-corrected chi connectivity index (χ2v) is 6.74. The fourth-order valence-corrected chi connectivity index (χ4v) is 3.54. The highest BCUT2D eigenvalue weighted by Crippen LogP contribution is 2.27. The number of rotatable bonds is 6. The van der Waals surface area contributed by atoms with Crippen LogP contribution in [0.25, 0.3) is 0 Å². The number of hydrogen-bond donors (Lipinski definition) is 0. The number of ether oxygens (including phenoxy) is 1. The lowest BCUT2D eigenvalue weighted by molar-refractivity contribution is 0.0769. The van der Waals surface area contributed by atoms with E-state index in [0.29, 0.717) is 12.2 Å². The average molecular weight is 341 g/mol. The van der Waals surface area contributed by atoms with Gasteiger partial charge in [-0.05, 0) is 24.8 Å². The number of carbonyl (C=O) groups is 1. The van der Waals surface area contributed by atoms with Gasteiger partial charge in [0, 0.05) is 44.9 Å². The van der Waals surface area contributed by atoms with Crippen LogP contribution in [0.5, 0.6) is 0 Å². The fraction of sp³-hybridized carbons (Fsp3) is 0.500. The average Bonchev–Trinajstić information content (AvgIpc) is 3.00. The number of aromatic nitrogens is 2. The van der Waals surface area contributed by atoms with Crippen LogP contribution in [0.15, 0.2) is 30.3 Å². The molecule has 134 valence electrons. The van der Waals surface area contributed by atoms with Crippen LogP contribution in [-0.2, 0) is 30.7 Å². The van der Waals surface area contributed by atoms with Crippen LogP contribution in [0.3, 0.4) is 0 Å². The molecule has 1 atom stereocenters. The van der Waals surface area contributed by atoms with Gasteiger partial charge in [-0.1, -0.05) is 37.3 Å². The number of aryl methyl sites for hydroxylation is 1. The lowest BCUT2D eigenvalue weighted by Gasteiger charge is -2.23. The first-order valence-electron chi connectivity index (χ1n) is 9.04. The number of methoxy groups -OCH3 is 1. The Labute approximate surface area is 149 Å². The van der Waals surface area contributed by atoms with Gasteiger partial charge >= 0.3 is 0 Å². The molecule has 1 unspecified atom stereocenters. The third-order valence-corrected chi connectivity index (χ3v) is 4.88. The summed E-state index contributed by atoms with van der Waals surface area (Å²) in [6.45, 7) is 3.58. The fourth-order valence-electron chi connectivity index (χ4n) is 3.54. The zero-order chi connectivity index (χ0) is 17.8. The van der Waals surface area contributed by atoms with Crippen molar-refractivity contribution in [3.8, 4) is 0 Å². The smallest absolute Gasteiger partial charge is 0.274 e. The first-order valence-corrected chi connectivity index (χ1v) is 9.04. The van der Waals surface area contributed by atoms with E-state index < -0.39 is 0 Å².